The van der Waals surface area contributed by atoms with Crippen molar-refractivity contribution >= 4 is 33.5 Å². The number of carbonyl (C=O) groups excluding carboxylic acids is 1. The lowest BCUT2D eigenvalue weighted by Gasteiger charge is -2.07. The normalized spacial score (nSPS) is 11.0. The van der Waals surface area contributed by atoms with Crippen molar-refractivity contribution in [1.82, 2.24) is 5.43 Å². The highest BCUT2D eigenvalue weighted by molar-refractivity contribution is 9.10. The van der Waals surface area contributed by atoms with Gasteiger partial charge in [0.1, 0.15) is 5.75 Å². The van der Waals surface area contributed by atoms with E-state index < -0.39 is 5.97 Å². The topological polar surface area (TPSA) is 88.0 Å². The molecule has 2 aromatic rings. The number of hydrogen-bond acceptors (Lipinski definition) is 4. The molecule has 2 N–H and O–H groups in total. The number of nitrogens with zero attached hydrogens (tertiary/aromatic N) is 1. The lowest BCUT2D eigenvalue weighted by atomic mass is 10.1. The predicted molar refractivity (Wildman–Crippen MR) is 98.0 cm³/mol. The maximum Gasteiger partial charge on any atom is 0.303 e. The third kappa shape index (κ3) is 5.72. The van der Waals surface area contributed by atoms with Gasteiger partial charge >= 0.3 is 5.97 Å². The first kappa shape index (κ1) is 18.7. The number of ether oxygens (including phenoxy) is 1. The average Bonchev–Trinajstić information content (AvgIpc) is 2.62. The fraction of sp³-hybridized carbons (Fsp3) is 0.167. The van der Waals surface area contributed by atoms with Crippen LogP contribution in [0.1, 0.15) is 28.8 Å². The van der Waals surface area contributed by atoms with Crippen LogP contribution in [-0.4, -0.2) is 29.8 Å². The Morgan fingerprint density at radius 3 is 2.20 bits per heavy atom. The minimum Gasteiger partial charge on any atom is -0.497 e. The van der Waals surface area contributed by atoms with Crippen LogP contribution < -0.4 is 10.2 Å². The summed E-state index contributed by atoms with van der Waals surface area (Å²) in [5.41, 5.74) is 4.15. The first-order valence-corrected chi connectivity index (χ1v) is 8.27. The van der Waals surface area contributed by atoms with E-state index in [2.05, 4.69) is 26.5 Å². The summed E-state index contributed by atoms with van der Waals surface area (Å²) >= 11 is 3.35. The Kier molecular flexibility index (Phi) is 6.71. The minimum absolute atomic E-state index is 0.0761. The molecule has 7 heteroatoms. The summed E-state index contributed by atoms with van der Waals surface area (Å²) in [6.45, 7) is 0. The molecule has 0 aliphatic heterocycles. The molecule has 130 valence electrons. The van der Waals surface area contributed by atoms with Gasteiger partial charge in [0.15, 0.2) is 0 Å². The van der Waals surface area contributed by atoms with Gasteiger partial charge in [0.05, 0.1) is 19.2 Å². The summed E-state index contributed by atoms with van der Waals surface area (Å²) < 4.78 is 5.95. The van der Waals surface area contributed by atoms with E-state index in [4.69, 9.17) is 9.84 Å². The van der Waals surface area contributed by atoms with Crippen molar-refractivity contribution in [2.24, 2.45) is 5.10 Å². The second-order valence-electron chi connectivity index (χ2n) is 5.13. The van der Waals surface area contributed by atoms with Crippen LogP contribution in [0.25, 0.3) is 0 Å². The Labute approximate surface area is 153 Å². The maximum atomic E-state index is 12.2. The lowest BCUT2D eigenvalue weighted by Crippen LogP contribution is -2.20. The maximum absolute atomic E-state index is 12.2. The number of nitrogens with one attached hydrogen (secondary N) is 1. The summed E-state index contributed by atoms with van der Waals surface area (Å²) in [6.07, 6.45) is 0.132. The Hall–Kier alpha value is -2.67. The van der Waals surface area contributed by atoms with Crippen LogP contribution in [0.4, 0.5) is 0 Å². The molecular weight excluding hydrogens is 388 g/mol. The predicted octanol–water partition coefficient (Wildman–Crippen LogP) is 3.46. The first-order chi connectivity index (χ1) is 12.0. The monoisotopic (exact) mass is 404 g/mol. The Balaban J connectivity index is 2.15. The standard InChI is InChI=1S/C18H17BrN2O4/c1-25-15-8-4-13(5-9-15)18(24)21-20-16(10-11-17(22)23)12-2-6-14(19)7-3-12/h2-9H,10-11H2,1H3,(H,21,24)(H,22,23)/b20-16-. The van der Waals surface area contributed by atoms with Crippen molar-refractivity contribution in [2.45, 2.75) is 12.8 Å². The lowest BCUT2D eigenvalue weighted by molar-refractivity contribution is -0.136. The number of aliphatic carboxylic acids is 1. The Bertz CT molecular complexity index is 771. The largest absolute Gasteiger partial charge is 0.497 e. The fourth-order valence-corrected chi connectivity index (χ4v) is 2.32. The van der Waals surface area contributed by atoms with Gasteiger partial charge in [-0.25, -0.2) is 5.43 Å². The van der Waals surface area contributed by atoms with Gasteiger partial charge in [-0.2, -0.15) is 5.10 Å². The smallest absolute Gasteiger partial charge is 0.303 e. The van der Waals surface area contributed by atoms with E-state index in [1.807, 2.05) is 24.3 Å². The fourth-order valence-electron chi connectivity index (χ4n) is 2.06. The van der Waals surface area contributed by atoms with Crippen molar-refractivity contribution in [2.75, 3.05) is 7.11 Å². The molecule has 0 saturated heterocycles. The molecule has 2 rings (SSSR count). The molecule has 6 nitrogen and oxygen atoms in total. The Morgan fingerprint density at radius 2 is 1.64 bits per heavy atom. The van der Waals surface area contributed by atoms with Crippen LogP contribution in [0.3, 0.4) is 0 Å². The molecular formula is C18H17BrN2O4. The van der Waals surface area contributed by atoms with E-state index in [9.17, 15) is 9.59 Å². The molecule has 0 heterocycles. The minimum atomic E-state index is -0.925. The summed E-state index contributed by atoms with van der Waals surface area (Å²) in [6, 6.07) is 13.9. The highest BCUT2D eigenvalue weighted by Crippen LogP contribution is 2.14. The van der Waals surface area contributed by atoms with Gasteiger partial charge in [-0.05, 0) is 42.0 Å². The zero-order valence-electron chi connectivity index (χ0n) is 13.5. The van der Waals surface area contributed by atoms with Crippen LogP contribution in [0, 0.1) is 0 Å². The molecule has 0 aliphatic rings. The number of hydrogen-bond donors (Lipinski definition) is 2. The van der Waals surface area contributed by atoms with Gasteiger partial charge in [0, 0.05) is 16.5 Å². The quantitative estimate of drug-likeness (QED) is 0.546. The molecule has 25 heavy (non-hydrogen) atoms. The van der Waals surface area contributed by atoms with Gasteiger partial charge in [0.2, 0.25) is 0 Å². The summed E-state index contributed by atoms with van der Waals surface area (Å²) in [4.78, 5) is 23.0. The number of carboxylic acids is 1. The SMILES string of the molecule is COc1ccc(C(=O)N/N=C(/CCC(=O)O)c2ccc(Br)cc2)cc1. The van der Waals surface area contributed by atoms with Crippen LogP contribution in [0.5, 0.6) is 5.75 Å². The number of methoxy groups -OCH3 is 1. The van der Waals surface area contributed by atoms with Crippen LogP contribution in [-0.2, 0) is 4.79 Å². The molecule has 0 aliphatic carbocycles. The molecule has 0 unspecified atom stereocenters. The van der Waals surface area contributed by atoms with Crippen molar-refractivity contribution in [3.63, 3.8) is 0 Å². The highest BCUT2D eigenvalue weighted by atomic mass is 79.9. The summed E-state index contributed by atoms with van der Waals surface area (Å²) in [7, 11) is 1.55. The molecule has 1 amide bonds. The van der Waals surface area contributed by atoms with E-state index in [1.54, 1.807) is 31.4 Å². The molecule has 0 fully saturated rings. The number of halogens is 1. The summed E-state index contributed by atoms with van der Waals surface area (Å²) in [5.74, 6) is -0.657. The summed E-state index contributed by atoms with van der Waals surface area (Å²) in [5, 5.41) is 13.0. The molecule has 0 aromatic heterocycles. The number of amides is 1. The van der Waals surface area contributed by atoms with E-state index in [1.165, 1.54) is 0 Å². The van der Waals surface area contributed by atoms with Gasteiger partial charge in [-0.3, -0.25) is 9.59 Å². The van der Waals surface area contributed by atoms with Gasteiger partial charge in [0.25, 0.3) is 5.91 Å². The van der Waals surface area contributed by atoms with E-state index in [0.717, 1.165) is 10.0 Å². The van der Waals surface area contributed by atoms with Crippen LogP contribution in [0.2, 0.25) is 0 Å². The zero-order valence-corrected chi connectivity index (χ0v) is 15.1. The second kappa shape index (κ2) is 8.98. The van der Waals surface area contributed by atoms with Crippen molar-refractivity contribution < 1.29 is 19.4 Å². The number of rotatable bonds is 7. The van der Waals surface area contributed by atoms with Crippen molar-refractivity contribution in [3.05, 3.63) is 64.1 Å². The number of carbonyl (C=O) groups is 2. The van der Waals surface area contributed by atoms with Crippen LogP contribution >= 0.6 is 15.9 Å². The number of hydrazone groups is 1. The van der Waals surface area contributed by atoms with Crippen molar-refractivity contribution in [1.29, 1.82) is 0 Å². The molecule has 0 bridgehead atoms. The molecule has 0 radical (unpaired) electrons. The zero-order chi connectivity index (χ0) is 18.2. The van der Waals surface area contributed by atoms with Gasteiger partial charge in [-0.15, -0.1) is 0 Å². The van der Waals surface area contributed by atoms with Crippen LogP contribution in [0.15, 0.2) is 58.1 Å². The molecule has 0 atom stereocenters. The van der Waals surface area contributed by atoms with E-state index in [0.29, 0.717) is 17.0 Å². The third-order valence-corrected chi connectivity index (χ3v) is 3.93. The van der Waals surface area contributed by atoms with E-state index in [-0.39, 0.29) is 18.7 Å². The number of carboxylic acid groups (broad SMARTS) is 1. The number of benzene rings is 2. The van der Waals surface area contributed by atoms with Gasteiger partial charge < -0.3 is 9.84 Å². The average molecular weight is 405 g/mol. The highest BCUT2D eigenvalue weighted by Gasteiger charge is 2.09. The molecule has 0 spiro atoms. The van der Waals surface area contributed by atoms with E-state index >= 15 is 0 Å². The van der Waals surface area contributed by atoms with Crippen molar-refractivity contribution in [3.8, 4) is 5.75 Å². The Morgan fingerprint density at radius 1 is 1.04 bits per heavy atom. The van der Waals surface area contributed by atoms with Gasteiger partial charge in [-0.1, -0.05) is 28.1 Å². The second-order valence-corrected chi connectivity index (χ2v) is 6.04. The molecule has 2 aromatic carbocycles. The molecule has 0 saturated carbocycles. The third-order valence-electron chi connectivity index (χ3n) is 3.40. The first-order valence-electron chi connectivity index (χ1n) is 7.48.